The van der Waals surface area contributed by atoms with E-state index in [1.165, 1.54) is 0 Å². The third-order valence-electron chi connectivity index (χ3n) is 3.14. The van der Waals surface area contributed by atoms with E-state index in [0.29, 0.717) is 29.5 Å². The van der Waals surface area contributed by atoms with Gasteiger partial charge in [-0.25, -0.2) is 0 Å². The molecule has 1 aliphatic rings. The molecule has 0 aromatic heterocycles. The standard InChI is InChI=1S/C12H13ClF3N3O/c13-8-1-2-10(9(17)7-8)18-3-5-19(6-4-18)11(20)12(14,15)16/h1-2,7H,3-6,17H2. The molecule has 0 radical (unpaired) electrons. The maximum Gasteiger partial charge on any atom is 0.471 e. The van der Waals surface area contributed by atoms with Gasteiger partial charge in [0.05, 0.1) is 11.4 Å². The van der Waals surface area contributed by atoms with Crippen LogP contribution in [0, 0.1) is 0 Å². The third kappa shape index (κ3) is 3.09. The molecule has 0 spiro atoms. The average molecular weight is 308 g/mol. The van der Waals surface area contributed by atoms with Crippen LogP contribution in [0.5, 0.6) is 0 Å². The van der Waals surface area contributed by atoms with Gasteiger partial charge in [0.15, 0.2) is 0 Å². The van der Waals surface area contributed by atoms with Gasteiger partial charge in [-0.3, -0.25) is 4.79 Å². The van der Waals surface area contributed by atoms with Crippen molar-refractivity contribution in [3.63, 3.8) is 0 Å². The second kappa shape index (κ2) is 5.40. The lowest BCUT2D eigenvalue weighted by Crippen LogP contribution is -2.52. The number of amides is 1. The first-order chi connectivity index (χ1) is 9.29. The Morgan fingerprint density at radius 3 is 2.30 bits per heavy atom. The van der Waals surface area contributed by atoms with Crippen LogP contribution in [-0.4, -0.2) is 43.2 Å². The van der Waals surface area contributed by atoms with E-state index < -0.39 is 12.1 Å². The normalized spacial score (nSPS) is 16.4. The van der Waals surface area contributed by atoms with Crippen LogP contribution < -0.4 is 10.6 Å². The highest BCUT2D eigenvalue weighted by Gasteiger charge is 2.43. The van der Waals surface area contributed by atoms with Crippen LogP contribution in [0.2, 0.25) is 5.02 Å². The number of carbonyl (C=O) groups excluding carboxylic acids is 1. The maximum atomic E-state index is 12.3. The molecule has 0 atom stereocenters. The summed E-state index contributed by atoms with van der Waals surface area (Å²) in [6.07, 6.45) is -4.82. The quantitative estimate of drug-likeness (QED) is 0.809. The Morgan fingerprint density at radius 1 is 1.20 bits per heavy atom. The second-order valence-corrected chi connectivity index (χ2v) is 4.92. The zero-order valence-corrected chi connectivity index (χ0v) is 11.2. The van der Waals surface area contributed by atoms with Gasteiger partial charge in [-0.2, -0.15) is 13.2 Å². The Labute approximate surface area is 118 Å². The lowest BCUT2D eigenvalue weighted by molar-refractivity contribution is -0.185. The van der Waals surface area contributed by atoms with E-state index in [2.05, 4.69) is 0 Å². The van der Waals surface area contributed by atoms with E-state index in [1.54, 1.807) is 18.2 Å². The zero-order valence-electron chi connectivity index (χ0n) is 10.5. The Balaban J connectivity index is 2.03. The molecule has 0 aliphatic carbocycles. The number of rotatable bonds is 1. The molecule has 1 aromatic carbocycles. The number of alkyl halides is 3. The molecule has 1 heterocycles. The van der Waals surface area contributed by atoms with Crippen molar-refractivity contribution < 1.29 is 18.0 Å². The van der Waals surface area contributed by atoms with Crippen LogP contribution >= 0.6 is 11.6 Å². The van der Waals surface area contributed by atoms with Gasteiger partial charge in [-0.05, 0) is 18.2 Å². The number of hydrogen-bond donors (Lipinski definition) is 1. The number of hydrogen-bond acceptors (Lipinski definition) is 3. The molecule has 0 unspecified atom stereocenters. The number of benzene rings is 1. The monoisotopic (exact) mass is 307 g/mol. The topological polar surface area (TPSA) is 49.6 Å². The zero-order chi connectivity index (χ0) is 14.9. The van der Waals surface area contributed by atoms with Crippen molar-refractivity contribution in [2.75, 3.05) is 36.8 Å². The second-order valence-electron chi connectivity index (χ2n) is 4.48. The van der Waals surface area contributed by atoms with E-state index in [9.17, 15) is 18.0 Å². The molecule has 1 amide bonds. The first kappa shape index (κ1) is 14.8. The number of halogens is 4. The molecule has 2 rings (SSSR count). The smallest absolute Gasteiger partial charge is 0.397 e. The molecule has 1 saturated heterocycles. The maximum absolute atomic E-state index is 12.3. The Kier molecular flexibility index (Phi) is 3.99. The number of nitrogens with zero attached hydrogens (tertiary/aromatic N) is 2. The minimum Gasteiger partial charge on any atom is -0.397 e. The van der Waals surface area contributed by atoms with Gasteiger partial charge in [-0.1, -0.05) is 11.6 Å². The van der Waals surface area contributed by atoms with Crippen molar-refractivity contribution >= 4 is 28.9 Å². The first-order valence-electron chi connectivity index (χ1n) is 5.95. The van der Waals surface area contributed by atoms with Crippen LogP contribution in [0.4, 0.5) is 24.5 Å². The van der Waals surface area contributed by atoms with Crippen molar-refractivity contribution in [2.45, 2.75) is 6.18 Å². The van der Waals surface area contributed by atoms with E-state index in [-0.39, 0.29) is 13.1 Å². The van der Waals surface area contributed by atoms with Crippen molar-refractivity contribution in [3.05, 3.63) is 23.2 Å². The lowest BCUT2D eigenvalue weighted by atomic mass is 10.2. The average Bonchev–Trinajstić information content (AvgIpc) is 2.37. The van der Waals surface area contributed by atoms with Crippen LogP contribution in [0.1, 0.15) is 0 Å². The summed E-state index contributed by atoms with van der Waals surface area (Å²) in [5, 5.41) is 0.497. The lowest BCUT2D eigenvalue weighted by Gasteiger charge is -2.36. The summed E-state index contributed by atoms with van der Waals surface area (Å²) in [6, 6.07) is 4.98. The van der Waals surface area contributed by atoms with Crippen molar-refractivity contribution in [1.82, 2.24) is 4.90 Å². The Hall–Kier alpha value is -1.63. The molecular formula is C12H13ClF3N3O. The summed E-state index contributed by atoms with van der Waals surface area (Å²) in [6.45, 7) is 0.627. The number of carbonyl (C=O) groups is 1. The third-order valence-corrected chi connectivity index (χ3v) is 3.37. The summed E-state index contributed by atoms with van der Waals surface area (Å²) in [7, 11) is 0. The molecule has 0 saturated carbocycles. The largest absolute Gasteiger partial charge is 0.471 e. The number of anilines is 2. The van der Waals surface area contributed by atoms with Crippen molar-refractivity contribution in [1.29, 1.82) is 0 Å². The molecule has 1 fully saturated rings. The molecule has 1 aromatic rings. The predicted octanol–water partition coefficient (Wildman–Crippen LogP) is 2.13. The highest BCUT2D eigenvalue weighted by molar-refractivity contribution is 6.31. The van der Waals surface area contributed by atoms with Gasteiger partial charge in [0.1, 0.15) is 0 Å². The molecule has 110 valence electrons. The van der Waals surface area contributed by atoms with Crippen LogP contribution in [0.3, 0.4) is 0 Å². The molecule has 2 N–H and O–H groups in total. The van der Waals surface area contributed by atoms with E-state index >= 15 is 0 Å². The molecular weight excluding hydrogens is 295 g/mol. The fourth-order valence-electron chi connectivity index (χ4n) is 2.14. The fraction of sp³-hybridized carbons (Fsp3) is 0.417. The van der Waals surface area contributed by atoms with Gasteiger partial charge in [0, 0.05) is 31.2 Å². The summed E-state index contributed by atoms with van der Waals surface area (Å²) < 4.78 is 37.0. The Morgan fingerprint density at radius 2 is 1.80 bits per heavy atom. The number of nitrogens with two attached hydrogens (primary N) is 1. The molecule has 4 nitrogen and oxygen atoms in total. The fourth-order valence-corrected chi connectivity index (χ4v) is 2.32. The highest BCUT2D eigenvalue weighted by atomic mass is 35.5. The van der Waals surface area contributed by atoms with Gasteiger partial charge in [0.2, 0.25) is 0 Å². The first-order valence-corrected chi connectivity index (χ1v) is 6.33. The van der Waals surface area contributed by atoms with Crippen molar-refractivity contribution in [2.24, 2.45) is 0 Å². The SMILES string of the molecule is Nc1cc(Cl)ccc1N1CCN(C(=O)C(F)(F)F)CC1. The van der Waals surface area contributed by atoms with Crippen molar-refractivity contribution in [3.8, 4) is 0 Å². The van der Waals surface area contributed by atoms with Crippen LogP contribution in [-0.2, 0) is 4.79 Å². The van der Waals surface area contributed by atoms with Crippen LogP contribution in [0.25, 0.3) is 0 Å². The molecule has 0 bridgehead atoms. The minimum absolute atomic E-state index is 0.0143. The predicted molar refractivity (Wildman–Crippen MR) is 70.7 cm³/mol. The van der Waals surface area contributed by atoms with Crippen LogP contribution in [0.15, 0.2) is 18.2 Å². The summed E-state index contributed by atoms with van der Waals surface area (Å²) in [5.74, 6) is -1.79. The van der Waals surface area contributed by atoms with E-state index in [1.807, 2.05) is 4.90 Å². The summed E-state index contributed by atoms with van der Waals surface area (Å²) >= 11 is 5.79. The van der Waals surface area contributed by atoms with Gasteiger partial charge >= 0.3 is 12.1 Å². The van der Waals surface area contributed by atoms with Gasteiger partial charge < -0.3 is 15.5 Å². The summed E-state index contributed by atoms with van der Waals surface area (Å²) in [5.41, 5.74) is 7.01. The molecule has 20 heavy (non-hydrogen) atoms. The van der Waals surface area contributed by atoms with E-state index in [0.717, 1.165) is 4.90 Å². The van der Waals surface area contributed by atoms with Gasteiger partial charge in [-0.15, -0.1) is 0 Å². The minimum atomic E-state index is -4.82. The van der Waals surface area contributed by atoms with Gasteiger partial charge in [0.25, 0.3) is 0 Å². The van der Waals surface area contributed by atoms with E-state index in [4.69, 9.17) is 17.3 Å². The Bertz CT molecular complexity index is 513. The molecule has 8 heteroatoms. The summed E-state index contributed by atoms with van der Waals surface area (Å²) in [4.78, 5) is 13.8. The highest BCUT2D eigenvalue weighted by Crippen LogP contribution is 2.28. The molecule has 1 aliphatic heterocycles. The number of piperazine rings is 1. The number of nitrogen functional groups attached to an aromatic ring is 1.